The molecule has 23 heavy (non-hydrogen) atoms. The highest BCUT2D eigenvalue weighted by Gasteiger charge is 2.28. The zero-order chi connectivity index (χ0) is 15.6. The van der Waals surface area contributed by atoms with E-state index in [1.165, 1.54) is 38.0 Å². The SMILES string of the molecule is Clc1ccccc1-c1c[c]cc(N2CCN3CCCCC3C2)c1. The summed E-state index contributed by atoms with van der Waals surface area (Å²) in [6, 6.07) is 18.5. The van der Waals surface area contributed by atoms with Gasteiger partial charge in [0.2, 0.25) is 0 Å². The van der Waals surface area contributed by atoms with Crippen LogP contribution in [-0.4, -0.2) is 37.1 Å². The molecular formula is C20H22ClN2. The Morgan fingerprint density at radius 3 is 2.87 bits per heavy atom. The first-order valence-corrected chi connectivity index (χ1v) is 8.94. The normalized spacial score (nSPS) is 22.0. The van der Waals surface area contributed by atoms with Gasteiger partial charge < -0.3 is 4.90 Å². The first-order chi connectivity index (χ1) is 11.3. The van der Waals surface area contributed by atoms with Gasteiger partial charge in [0.1, 0.15) is 0 Å². The maximum Gasteiger partial charge on any atom is 0.0484 e. The molecule has 1 atom stereocenters. The van der Waals surface area contributed by atoms with Gasteiger partial charge in [-0.2, -0.15) is 0 Å². The molecule has 2 aliphatic heterocycles. The number of rotatable bonds is 2. The second kappa shape index (κ2) is 6.54. The number of benzene rings is 2. The maximum atomic E-state index is 6.35. The first kappa shape index (κ1) is 15.0. The average Bonchev–Trinajstić information content (AvgIpc) is 2.62. The van der Waals surface area contributed by atoms with E-state index in [1.54, 1.807) is 0 Å². The number of piperidine rings is 1. The molecule has 0 bridgehead atoms. The summed E-state index contributed by atoms with van der Waals surface area (Å²) >= 11 is 6.35. The number of anilines is 1. The molecule has 119 valence electrons. The molecule has 1 unspecified atom stereocenters. The lowest BCUT2D eigenvalue weighted by Gasteiger charge is -2.45. The third-order valence-corrected chi connectivity index (χ3v) is 5.49. The lowest BCUT2D eigenvalue weighted by atomic mass is 9.98. The van der Waals surface area contributed by atoms with Crippen molar-refractivity contribution in [2.45, 2.75) is 25.3 Å². The smallest absolute Gasteiger partial charge is 0.0484 e. The fraction of sp³-hybridized carbons (Fsp3) is 0.400. The van der Waals surface area contributed by atoms with Gasteiger partial charge in [0.25, 0.3) is 0 Å². The van der Waals surface area contributed by atoms with E-state index < -0.39 is 0 Å². The topological polar surface area (TPSA) is 6.48 Å². The summed E-state index contributed by atoms with van der Waals surface area (Å²) in [5.41, 5.74) is 3.51. The van der Waals surface area contributed by atoms with Gasteiger partial charge >= 0.3 is 0 Å². The molecule has 2 aromatic rings. The molecule has 0 amide bonds. The third-order valence-electron chi connectivity index (χ3n) is 5.16. The van der Waals surface area contributed by atoms with Crippen molar-refractivity contribution >= 4 is 17.3 Å². The minimum absolute atomic E-state index is 0.724. The fourth-order valence-electron chi connectivity index (χ4n) is 3.88. The van der Waals surface area contributed by atoms with E-state index in [2.05, 4.69) is 34.1 Å². The zero-order valence-corrected chi connectivity index (χ0v) is 14.1. The van der Waals surface area contributed by atoms with E-state index >= 15 is 0 Å². The van der Waals surface area contributed by atoms with E-state index in [1.807, 2.05) is 24.3 Å². The highest BCUT2D eigenvalue weighted by atomic mass is 35.5. The van der Waals surface area contributed by atoms with Crippen LogP contribution in [0.2, 0.25) is 5.02 Å². The summed E-state index contributed by atoms with van der Waals surface area (Å²) in [6.07, 6.45) is 4.08. The summed E-state index contributed by atoms with van der Waals surface area (Å²) in [5.74, 6) is 0. The molecule has 0 aromatic heterocycles. The van der Waals surface area contributed by atoms with Crippen molar-refractivity contribution < 1.29 is 0 Å². The standard InChI is InChI=1S/C20H22ClN2/c21-20-10-2-1-9-19(20)16-6-5-8-17(14-16)23-13-12-22-11-4-3-7-18(22)15-23/h1-2,6,8-10,14,18H,3-4,7,11-13,15H2. The van der Waals surface area contributed by atoms with Crippen LogP contribution in [-0.2, 0) is 0 Å². The van der Waals surface area contributed by atoms with E-state index in [9.17, 15) is 0 Å². The lowest BCUT2D eigenvalue weighted by molar-refractivity contribution is 0.133. The summed E-state index contributed by atoms with van der Waals surface area (Å²) < 4.78 is 0. The monoisotopic (exact) mass is 325 g/mol. The number of hydrogen-bond donors (Lipinski definition) is 0. The maximum absolute atomic E-state index is 6.35. The minimum atomic E-state index is 0.724. The Morgan fingerprint density at radius 1 is 1.04 bits per heavy atom. The predicted octanol–water partition coefficient (Wildman–Crippen LogP) is 4.48. The van der Waals surface area contributed by atoms with E-state index in [0.717, 1.165) is 35.3 Å². The van der Waals surface area contributed by atoms with Gasteiger partial charge in [-0.1, -0.05) is 36.2 Å². The van der Waals surface area contributed by atoms with Crippen LogP contribution in [0.15, 0.2) is 42.5 Å². The van der Waals surface area contributed by atoms with Crippen LogP contribution in [0.3, 0.4) is 0 Å². The van der Waals surface area contributed by atoms with E-state index in [0.29, 0.717) is 0 Å². The Balaban J connectivity index is 1.58. The molecule has 2 heterocycles. The molecular weight excluding hydrogens is 304 g/mol. The van der Waals surface area contributed by atoms with E-state index in [4.69, 9.17) is 11.6 Å². The molecule has 3 heteroatoms. The highest BCUT2D eigenvalue weighted by Crippen LogP contribution is 2.31. The van der Waals surface area contributed by atoms with Crippen molar-refractivity contribution in [3.63, 3.8) is 0 Å². The molecule has 2 nitrogen and oxygen atoms in total. The van der Waals surface area contributed by atoms with Crippen LogP contribution >= 0.6 is 11.6 Å². The Morgan fingerprint density at radius 2 is 1.96 bits per heavy atom. The van der Waals surface area contributed by atoms with Crippen molar-refractivity contribution in [2.24, 2.45) is 0 Å². The van der Waals surface area contributed by atoms with Crippen LogP contribution in [0.5, 0.6) is 0 Å². The molecule has 4 rings (SSSR count). The quantitative estimate of drug-likeness (QED) is 0.803. The van der Waals surface area contributed by atoms with Gasteiger partial charge in [-0.3, -0.25) is 4.90 Å². The lowest BCUT2D eigenvalue weighted by Crippen LogP contribution is -2.54. The highest BCUT2D eigenvalue weighted by molar-refractivity contribution is 6.33. The Bertz CT molecular complexity index is 685. The molecule has 2 saturated heterocycles. The molecule has 1 radical (unpaired) electrons. The molecule has 0 aliphatic carbocycles. The molecule has 2 fully saturated rings. The summed E-state index contributed by atoms with van der Waals surface area (Å²) in [6.45, 7) is 4.71. The van der Waals surface area contributed by atoms with Crippen LogP contribution in [0.1, 0.15) is 19.3 Å². The van der Waals surface area contributed by atoms with Crippen LogP contribution in [0.4, 0.5) is 5.69 Å². The minimum Gasteiger partial charge on any atom is -0.369 e. The first-order valence-electron chi connectivity index (χ1n) is 8.56. The van der Waals surface area contributed by atoms with Crippen molar-refractivity contribution in [3.05, 3.63) is 53.6 Å². The van der Waals surface area contributed by atoms with Crippen molar-refractivity contribution in [3.8, 4) is 11.1 Å². The van der Waals surface area contributed by atoms with Gasteiger partial charge in [0.05, 0.1) is 0 Å². The van der Waals surface area contributed by atoms with Crippen molar-refractivity contribution in [1.82, 2.24) is 4.90 Å². The largest absolute Gasteiger partial charge is 0.369 e. The Hall–Kier alpha value is -1.51. The molecule has 0 spiro atoms. The summed E-state index contributed by atoms with van der Waals surface area (Å²) in [5, 5.41) is 0.801. The molecule has 0 saturated carbocycles. The molecule has 0 N–H and O–H groups in total. The molecule has 2 aromatic carbocycles. The predicted molar refractivity (Wildman–Crippen MR) is 97.1 cm³/mol. The van der Waals surface area contributed by atoms with Crippen LogP contribution in [0.25, 0.3) is 11.1 Å². The number of piperazine rings is 1. The van der Waals surface area contributed by atoms with Crippen molar-refractivity contribution in [1.29, 1.82) is 0 Å². The summed E-state index contributed by atoms with van der Waals surface area (Å²) in [7, 11) is 0. The van der Waals surface area contributed by atoms with E-state index in [-0.39, 0.29) is 0 Å². The van der Waals surface area contributed by atoms with Gasteiger partial charge in [-0.05, 0) is 55.3 Å². The number of nitrogens with zero attached hydrogens (tertiary/aromatic N) is 2. The van der Waals surface area contributed by atoms with Gasteiger partial charge in [-0.25, -0.2) is 0 Å². The van der Waals surface area contributed by atoms with Crippen LogP contribution in [0, 0.1) is 6.07 Å². The number of fused-ring (bicyclic) bond motifs is 1. The second-order valence-corrected chi connectivity index (χ2v) is 7.00. The molecule has 2 aliphatic rings. The number of hydrogen-bond acceptors (Lipinski definition) is 2. The Kier molecular flexibility index (Phi) is 4.28. The number of halogens is 1. The summed E-state index contributed by atoms with van der Waals surface area (Å²) in [4.78, 5) is 5.19. The van der Waals surface area contributed by atoms with Crippen LogP contribution < -0.4 is 4.90 Å². The van der Waals surface area contributed by atoms with Crippen molar-refractivity contribution in [2.75, 3.05) is 31.1 Å². The fourth-order valence-corrected chi connectivity index (χ4v) is 4.13. The van der Waals surface area contributed by atoms with Gasteiger partial charge in [0, 0.05) is 41.9 Å². The zero-order valence-electron chi connectivity index (χ0n) is 13.3. The van der Waals surface area contributed by atoms with Gasteiger partial charge in [-0.15, -0.1) is 0 Å². The average molecular weight is 326 g/mol. The van der Waals surface area contributed by atoms with Gasteiger partial charge in [0.15, 0.2) is 0 Å². The third kappa shape index (κ3) is 3.11. The Labute approximate surface area is 143 Å². The second-order valence-electron chi connectivity index (χ2n) is 6.59.